The predicted octanol–water partition coefficient (Wildman–Crippen LogP) is 4.30. The molecule has 2 aromatic carbocycles. The van der Waals surface area contributed by atoms with Crippen molar-refractivity contribution in [3.63, 3.8) is 0 Å². The minimum absolute atomic E-state index is 0.0645. The van der Waals surface area contributed by atoms with E-state index in [1.165, 1.54) is 0 Å². The normalized spacial score (nSPS) is 10.8. The summed E-state index contributed by atoms with van der Waals surface area (Å²) in [6, 6.07) is 16.8. The summed E-state index contributed by atoms with van der Waals surface area (Å²) in [5.41, 5.74) is 2.58. The molecule has 0 saturated heterocycles. The van der Waals surface area contributed by atoms with Crippen molar-refractivity contribution >= 4 is 33.6 Å². The van der Waals surface area contributed by atoms with E-state index >= 15 is 0 Å². The molecule has 2 rings (SSSR count). The Kier molecular flexibility index (Phi) is 4.91. The third kappa shape index (κ3) is 4.30. The third-order valence-corrected chi connectivity index (χ3v) is 3.29. The molecule has 0 fully saturated rings. The molecule has 4 heteroatoms. The fourth-order valence-electron chi connectivity index (χ4n) is 1.83. The molecule has 0 atom stereocenters. The largest absolute Gasteiger partial charge is 0.321 e. The van der Waals surface area contributed by atoms with E-state index in [0.717, 1.165) is 15.6 Å². The molecule has 0 unspecified atom stereocenters. The monoisotopic (exact) mass is 340 g/mol. The maximum atomic E-state index is 12.1. The van der Waals surface area contributed by atoms with Gasteiger partial charge in [-0.25, -0.2) is 0 Å². The molecule has 1 amide bonds. The molecule has 0 bridgehead atoms. The lowest BCUT2D eigenvalue weighted by atomic mass is 10.1. The summed E-state index contributed by atoms with van der Waals surface area (Å²) in [5.74, 6) is -0.414. The molecule has 0 aliphatic rings. The Balaban J connectivity index is 2.21. The van der Waals surface area contributed by atoms with Crippen molar-refractivity contribution in [3.8, 4) is 6.07 Å². The van der Waals surface area contributed by atoms with Crippen LogP contribution in [0.15, 0.2) is 58.6 Å². The Morgan fingerprint density at radius 3 is 2.67 bits per heavy atom. The number of hydrogen-bond acceptors (Lipinski definition) is 2. The molecular formula is C17H13BrN2O. The van der Waals surface area contributed by atoms with Gasteiger partial charge in [0, 0.05) is 10.2 Å². The number of carbonyl (C=O) groups excluding carboxylic acids is 1. The summed E-state index contributed by atoms with van der Waals surface area (Å²) >= 11 is 3.36. The number of rotatable bonds is 3. The van der Waals surface area contributed by atoms with E-state index in [0.29, 0.717) is 5.69 Å². The van der Waals surface area contributed by atoms with Crippen LogP contribution in [0.1, 0.15) is 11.1 Å². The number of nitrogens with one attached hydrogen (secondary N) is 1. The van der Waals surface area contributed by atoms with Gasteiger partial charge in [0.2, 0.25) is 0 Å². The van der Waals surface area contributed by atoms with Gasteiger partial charge in [0.25, 0.3) is 5.91 Å². The van der Waals surface area contributed by atoms with Crippen LogP contribution >= 0.6 is 15.9 Å². The van der Waals surface area contributed by atoms with Crippen molar-refractivity contribution < 1.29 is 4.79 Å². The summed E-state index contributed by atoms with van der Waals surface area (Å²) in [6.45, 7) is 1.94. The highest BCUT2D eigenvalue weighted by Gasteiger charge is 2.09. The highest BCUT2D eigenvalue weighted by atomic mass is 79.9. The van der Waals surface area contributed by atoms with Crippen molar-refractivity contribution in [2.24, 2.45) is 0 Å². The van der Waals surface area contributed by atoms with Crippen molar-refractivity contribution in [2.45, 2.75) is 6.92 Å². The Morgan fingerprint density at radius 2 is 2.00 bits per heavy atom. The molecule has 0 radical (unpaired) electrons. The fraction of sp³-hybridized carbons (Fsp3) is 0.0588. The van der Waals surface area contributed by atoms with E-state index in [1.807, 2.05) is 55.5 Å². The van der Waals surface area contributed by atoms with Crippen LogP contribution < -0.4 is 5.32 Å². The average molecular weight is 341 g/mol. The lowest BCUT2D eigenvalue weighted by Gasteiger charge is -2.05. The average Bonchev–Trinajstić information content (AvgIpc) is 2.44. The van der Waals surface area contributed by atoms with Gasteiger partial charge in [0.05, 0.1) is 0 Å². The fourth-order valence-corrected chi connectivity index (χ4v) is 2.25. The number of hydrogen-bond donors (Lipinski definition) is 1. The first-order valence-corrected chi connectivity index (χ1v) is 7.13. The smallest absolute Gasteiger partial charge is 0.266 e. The summed E-state index contributed by atoms with van der Waals surface area (Å²) in [4.78, 5) is 12.1. The van der Waals surface area contributed by atoms with Gasteiger partial charge in [-0.15, -0.1) is 0 Å². The predicted molar refractivity (Wildman–Crippen MR) is 87.5 cm³/mol. The van der Waals surface area contributed by atoms with Crippen molar-refractivity contribution in [1.82, 2.24) is 0 Å². The second-order valence-corrected chi connectivity index (χ2v) is 5.46. The van der Waals surface area contributed by atoms with Crippen LogP contribution in [0.4, 0.5) is 5.69 Å². The molecule has 3 nitrogen and oxygen atoms in total. The van der Waals surface area contributed by atoms with E-state index in [-0.39, 0.29) is 5.57 Å². The zero-order valence-corrected chi connectivity index (χ0v) is 13.0. The zero-order valence-electron chi connectivity index (χ0n) is 11.4. The molecule has 0 aromatic heterocycles. The van der Waals surface area contributed by atoms with E-state index in [9.17, 15) is 4.79 Å². The topological polar surface area (TPSA) is 52.9 Å². The number of amides is 1. The van der Waals surface area contributed by atoms with Crippen LogP contribution in [0.5, 0.6) is 0 Å². The zero-order chi connectivity index (χ0) is 15.2. The van der Waals surface area contributed by atoms with Gasteiger partial charge in [-0.3, -0.25) is 4.79 Å². The summed E-state index contributed by atoms with van der Waals surface area (Å²) in [7, 11) is 0. The van der Waals surface area contributed by atoms with Crippen LogP contribution in [0.3, 0.4) is 0 Å². The Hall–Kier alpha value is -2.38. The van der Waals surface area contributed by atoms with Gasteiger partial charge in [0.1, 0.15) is 11.6 Å². The molecule has 0 aliphatic heterocycles. The van der Waals surface area contributed by atoms with E-state index in [1.54, 1.807) is 12.1 Å². The number of aryl methyl sites for hydroxylation is 1. The molecule has 1 N–H and O–H groups in total. The van der Waals surface area contributed by atoms with Crippen LogP contribution in [0, 0.1) is 18.3 Å². The first-order valence-electron chi connectivity index (χ1n) is 6.34. The van der Waals surface area contributed by atoms with Crippen LogP contribution in [-0.2, 0) is 4.79 Å². The highest BCUT2D eigenvalue weighted by Crippen LogP contribution is 2.16. The highest BCUT2D eigenvalue weighted by molar-refractivity contribution is 9.10. The van der Waals surface area contributed by atoms with Gasteiger partial charge >= 0.3 is 0 Å². The first-order chi connectivity index (χ1) is 10.1. The molecule has 104 valence electrons. The van der Waals surface area contributed by atoms with Crippen molar-refractivity contribution in [2.75, 3.05) is 5.32 Å². The van der Waals surface area contributed by atoms with Crippen molar-refractivity contribution in [3.05, 3.63) is 69.7 Å². The molecule has 0 spiro atoms. The SMILES string of the molecule is Cc1cccc(NC(=O)/C(C#N)=C\c2cccc(Br)c2)c1. The molecule has 0 saturated carbocycles. The minimum atomic E-state index is -0.414. The van der Waals surface area contributed by atoms with E-state index in [4.69, 9.17) is 5.26 Å². The van der Waals surface area contributed by atoms with Crippen molar-refractivity contribution in [1.29, 1.82) is 5.26 Å². The number of anilines is 1. The minimum Gasteiger partial charge on any atom is -0.321 e. The lowest BCUT2D eigenvalue weighted by molar-refractivity contribution is -0.112. The quantitative estimate of drug-likeness (QED) is 0.668. The first kappa shape index (κ1) is 15.0. The summed E-state index contributed by atoms with van der Waals surface area (Å²) < 4.78 is 0.896. The van der Waals surface area contributed by atoms with Gasteiger partial charge in [-0.1, -0.05) is 40.2 Å². The molecule has 0 aliphatic carbocycles. The summed E-state index contributed by atoms with van der Waals surface area (Å²) in [5, 5.41) is 11.9. The van der Waals surface area contributed by atoms with Gasteiger partial charge in [0.15, 0.2) is 0 Å². The maximum Gasteiger partial charge on any atom is 0.266 e. The number of nitriles is 1. The van der Waals surface area contributed by atoms with Gasteiger partial charge in [-0.05, 0) is 48.4 Å². The number of benzene rings is 2. The van der Waals surface area contributed by atoms with Crippen LogP contribution in [0.25, 0.3) is 6.08 Å². The van der Waals surface area contributed by atoms with Crippen LogP contribution in [0.2, 0.25) is 0 Å². The Morgan fingerprint density at radius 1 is 1.24 bits per heavy atom. The van der Waals surface area contributed by atoms with Gasteiger partial charge in [-0.2, -0.15) is 5.26 Å². The molecule has 0 heterocycles. The van der Waals surface area contributed by atoms with Gasteiger partial charge < -0.3 is 5.32 Å². The Labute approximate surface area is 132 Å². The standard InChI is InChI=1S/C17H13BrN2O/c1-12-4-2-7-16(8-12)20-17(21)14(11-19)9-13-5-3-6-15(18)10-13/h2-10H,1H3,(H,20,21)/b14-9-. The maximum absolute atomic E-state index is 12.1. The number of nitrogens with zero attached hydrogens (tertiary/aromatic N) is 1. The second-order valence-electron chi connectivity index (χ2n) is 4.55. The summed E-state index contributed by atoms with van der Waals surface area (Å²) in [6.07, 6.45) is 1.57. The molecule has 21 heavy (non-hydrogen) atoms. The van der Waals surface area contributed by atoms with Crippen LogP contribution in [-0.4, -0.2) is 5.91 Å². The van der Waals surface area contributed by atoms with E-state index < -0.39 is 5.91 Å². The van der Waals surface area contributed by atoms with E-state index in [2.05, 4.69) is 21.2 Å². The molecule has 2 aromatic rings. The number of halogens is 1. The second kappa shape index (κ2) is 6.87. The lowest BCUT2D eigenvalue weighted by Crippen LogP contribution is -2.13. The number of carbonyl (C=O) groups is 1. The Bertz CT molecular complexity index is 744. The molecular weight excluding hydrogens is 328 g/mol. The third-order valence-electron chi connectivity index (χ3n) is 2.80.